The highest BCUT2D eigenvalue weighted by molar-refractivity contribution is 6.07. The van der Waals surface area contributed by atoms with Crippen LogP contribution in [0.3, 0.4) is 0 Å². The fourth-order valence-electron chi connectivity index (χ4n) is 4.72. The zero-order valence-electron chi connectivity index (χ0n) is 17.7. The number of urea groups is 1. The molecule has 2 aromatic carbocycles. The van der Waals surface area contributed by atoms with Crippen LogP contribution in [0.5, 0.6) is 0 Å². The largest absolute Gasteiger partial charge is 0.326 e. The van der Waals surface area contributed by atoms with E-state index in [1.165, 1.54) is 12.5 Å². The van der Waals surface area contributed by atoms with Crippen LogP contribution < -0.4 is 16.0 Å². The van der Waals surface area contributed by atoms with E-state index in [0.29, 0.717) is 6.42 Å². The molecule has 2 aromatic rings. The molecule has 4 amide bonds. The third-order valence-electron chi connectivity index (χ3n) is 6.26. The SMILES string of the molecule is CC(=O)Nc1ccc(CN2CCC(C3(Cc4ccccc4)NC(=O)NC3=O)CC2)cc1. The van der Waals surface area contributed by atoms with Gasteiger partial charge in [0.15, 0.2) is 0 Å². The van der Waals surface area contributed by atoms with Crippen molar-refractivity contribution in [3.05, 3.63) is 65.7 Å². The van der Waals surface area contributed by atoms with Crippen LogP contribution in [-0.4, -0.2) is 41.4 Å². The van der Waals surface area contributed by atoms with E-state index in [9.17, 15) is 14.4 Å². The minimum atomic E-state index is -0.884. The Labute approximate surface area is 182 Å². The maximum atomic E-state index is 12.9. The average Bonchev–Trinajstić information content (AvgIpc) is 3.04. The Morgan fingerprint density at radius 2 is 1.71 bits per heavy atom. The molecule has 0 aromatic heterocycles. The van der Waals surface area contributed by atoms with Gasteiger partial charge in [-0.3, -0.25) is 19.8 Å². The fourth-order valence-corrected chi connectivity index (χ4v) is 4.72. The summed E-state index contributed by atoms with van der Waals surface area (Å²) >= 11 is 0. The lowest BCUT2D eigenvalue weighted by Gasteiger charge is -2.40. The van der Waals surface area contributed by atoms with Crippen molar-refractivity contribution >= 4 is 23.5 Å². The number of amides is 4. The predicted octanol–water partition coefficient (Wildman–Crippen LogP) is 2.68. The van der Waals surface area contributed by atoms with Gasteiger partial charge < -0.3 is 10.6 Å². The van der Waals surface area contributed by atoms with Gasteiger partial charge in [0.25, 0.3) is 5.91 Å². The molecular weight excluding hydrogens is 392 g/mol. The Hall–Kier alpha value is -3.19. The summed E-state index contributed by atoms with van der Waals surface area (Å²) in [5, 5.41) is 8.21. The lowest BCUT2D eigenvalue weighted by Crippen LogP contribution is -2.57. The van der Waals surface area contributed by atoms with Gasteiger partial charge in [-0.05, 0) is 55.1 Å². The van der Waals surface area contributed by atoms with Crippen molar-refractivity contribution in [2.24, 2.45) is 5.92 Å². The molecule has 1 atom stereocenters. The van der Waals surface area contributed by atoms with E-state index in [4.69, 9.17) is 0 Å². The van der Waals surface area contributed by atoms with Crippen molar-refractivity contribution in [1.82, 2.24) is 15.5 Å². The van der Waals surface area contributed by atoms with E-state index in [-0.39, 0.29) is 17.7 Å². The maximum absolute atomic E-state index is 12.9. The van der Waals surface area contributed by atoms with Crippen molar-refractivity contribution in [3.63, 3.8) is 0 Å². The molecule has 7 heteroatoms. The molecule has 2 saturated heterocycles. The molecule has 3 N–H and O–H groups in total. The summed E-state index contributed by atoms with van der Waals surface area (Å²) in [5.41, 5.74) is 2.13. The second-order valence-corrected chi connectivity index (χ2v) is 8.47. The van der Waals surface area contributed by atoms with Crippen molar-refractivity contribution in [1.29, 1.82) is 0 Å². The molecule has 0 bridgehead atoms. The zero-order valence-corrected chi connectivity index (χ0v) is 17.7. The number of carbonyl (C=O) groups is 3. The average molecular weight is 421 g/mol. The summed E-state index contributed by atoms with van der Waals surface area (Å²) < 4.78 is 0. The molecule has 0 saturated carbocycles. The molecule has 1 unspecified atom stereocenters. The Morgan fingerprint density at radius 3 is 2.29 bits per heavy atom. The van der Waals surface area contributed by atoms with E-state index >= 15 is 0 Å². The number of imide groups is 1. The van der Waals surface area contributed by atoms with Crippen LogP contribution in [0, 0.1) is 5.92 Å². The molecule has 162 valence electrons. The normalized spacial score (nSPS) is 22.1. The molecule has 0 radical (unpaired) electrons. The van der Waals surface area contributed by atoms with Crippen LogP contribution >= 0.6 is 0 Å². The number of likely N-dealkylation sites (tertiary alicyclic amines) is 1. The number of hydrogen-bond acceptors (Lipinski definition) is 4. The van der Waals surface area contributed by atoms with E-state index in [1.807, 2.05) is 54.6 Å². The minimum absolute atomic E-state index is 0.0811. The second kappa shape index (κ2) is 8.89. The number of hydrogen-bond donors (Lipinski definition) is 3. The van der Waals surface area contributed by atoms with Crippen LogP contribution in [0.1, 0.15) is 30.9 Å². The van der Waals surface area contributed by atoms with Crippen molar-refractivity contribution in [3.8, 4) is 0 Å². The quantitative estimate of drug-likeness (QED) is 0.627. The van der Waals surface area contributed by atoms with Gasteiger partial charge in [0, 0.05) is 25.6 Å². The molecule has 4 rings (SSSR count). The lowest BCUT2D eigenvalue weighted by molar-refractivity contribution is -0.126. The van der Waals surface area contributed by atoms with Crippen molar-refractivity contribution in [2.75, 3.05) is 18.4 Å². The van der Waals surface area contributed by atoms with Gasteiger partial charge in [-0.15, -0.1) is 0 Å². The number of nitrogens with zero attached hydrogens (tertiary/aromatic N) is 1. The van der Waals surface area contributed by atoms with E-state index in [2.05, 4.69) is 20.9 Å². The van der Waals surface area contributed by atoms with E-state index in [0.717, 1.165) is 43.7 Å². The molecule has 7 nitrogen and oxygen atoms in total. The molecule has 2 aliphatic heterocycles. The van der Waals surface area contributed by atoms with Gasteiger partial charge in [-0.2, -0.15) is 0 Å². The van der Waals surface area contributed by atoms with Gasteiger partial charge in [-0.1, -0.05) is 42.5 Å². The smallest absolute Gasteiger partial charge is 0.322 e. The third-order valence-corrected chi connectivity index (χ3v) is 6.26. The first-order valence-electron chi connectivity index (χ1n) is 10.7. The maximum Gasteiger partial charge on any atom is 0.322 e. The highest BCUT2D eigenvalue weighted by Crippen LogP contribution is 2.34. The number of anilines is 1. The molecule has 0 spiro atoms. The first-order chi connectivity index (χ1) is 14.9. The van der Waals surface area contributed by atoms with E-state index < -0.39 is 11.6 Å². The molecule has 0 aliphatic carbocycles. The van der Waals surface area contributed by atoms with Crippen molar-refractivity contribution < 1.29 is 14.4 Å². The highest BCUT2D eigenvalue weighted by Gasteiger charge is 2.52. The number of benzene rings is 2. The molecule has 2 heterocycles. The van der Waals surface area contributed by atoms with Gasteiger partial charge in [0.1, 0.15) is 5.54 Å². The van der Waals surface area contributed by atoms with Crippen LogP contribution in [0.15, 0.2) is 54.6 Å². The molecule has 2 fully saturated rings. The van der Waals surface area contributed by atoms with Crippen LogP contribution in [0.2, 0.25) is 0 Å². The fraction of sp³-hybridized carbons (Fsp3) is 0.375. The van der Waals surface area contributed by atoms with Crippen LogP contribution in [-0.2, 0) is 22.6 Å². The Bertz CT molecular complexity index is 953. The zero-order chi connectivity index (χ0) is 21.8. The highest BCUT2D eigenvalue weighted by atomic mass is 16.2. The van der Waals surface area contributed by atoms with Gasteiger partial charge in [0.05, 0.1) is 0 Å². The topological polar surface area (TPSA) is 90.5 Å². The first-order valence-corrected chi connectivity index (χ1v) is 10.7. The summed E-state index contributed by atoms with van der Waals surface area (Å²) in [7, 11) is 0. The number of nitrogens with one attached hydrogen (secondary N) is 3. The summed E-state index contributed by atoms with van der Waals surface area (Å²) in [4.78, 5) is 38.4. The number of carbonyl (C=O) groups excluding carboxylic acids is 3. The number of rotatable bonds is 6. The third kappa shape index (κ3) is 4.77. The summed E-state index contributed by atoms with van der Waals surface area (Å²) in [6.45, 7) is 4.03. The Morgan fingerprint density at radius 1 is 1.03 bits per heavy atom. The summed E-state index contributed by atoms with van der Waals surface area (Å²) in [5.74, 6) is -0.215. The second-order valence-electron chi connectivity index (χ2n) is 8.47. The monoisotopic (exact) mass is 420 g/mol. The summed E-state index contributed by atoms with van der Waals surface area (Å²) in [6, 6.07) is 17.3. The predicted molar refractivity (Wildman–Crippen MR) is 118 cm³/mol. The lowest BCUT2D eigenvalue weighted by atomic mass is 9.74. The minimum Gasteiger partial charge on any atom is -0.326 e. The number of piperidine rings is 1. The Kier molecular flexibility index (Phi) is 6.04. The molecular formula is C24H28N4O3. The standard InChI is InChI=1S/C24H28N4O3/c1-17(29)25-21-9-7-19(8-10-21)16-28-13-11-20(12-14-28)24(22(30)26-23(31)27-24)15-18-5-3-2-4-6-18/h2-10,20H,11-16H2,1H3,(H,25,29)(H2,26,27,30,31). The van der Waals surface area contributed by atoms with Crippen LogP contribution in [0.4, 0.5) is 10.5 Å². The molecule has 2 aliphatic rings. The Balaban J connectivity index is 1.40. The van der Waals surface area contributed by atoms with E-state index in [1.54, 1.807) is 0 Å². The molecule has 31 heavy (non-hydrogen) atoms. The van der Waals surface area contributed by atoms with Gasteiger partial charge in [0.2, 0.25) is 5.91 Å². The van der Waals surface area contributed by atoms with Crippen LogP contribution in [0.25, 0.3) is 0 Å². The van der Waals surface area contributed by atoms with Gasteiger partial charge >= 0.3 is 6.03 Å². The van der Waals surface area contributed by atoms with Crippen molar-refractivity contribution in [2.45, 2.75) is 38.3 Å². The van der Waals surface area contributed by atoms with Gasteiger partial charge in [-0.25, -0.2) is 4.79 Å². The summed E-state index contributed by atoms with van der Waals surface area (Å²) in [6.07, 6.45) is 2.18. The first kappa shape index (κ1) is 21.1.